The van der Waals surface area contributed by atoms with Gasteiger partial charge < -0.3 is 9.13 Å². The van der Waals surface area contributed by atoms with Gasteiger partial charge in [-0.1, -0.05) is 228 Å². The third kappa shape index (κ3) is 6.82. The normalized spacial score (nSPS) is 14.3. The summed E-state index contributed by atoms with van der Waals surface area (Å²) in [5.74, 6) is 0. The van der Waals surface area contributed by atoms with E-state index in [1.807, 2.05) is 0 Å². The second-order valence-corrected chi connectivity index (χ2v) is 24.9. The summed E-state index contributed by atoms with van der Waals surface area (Å²) in [7, 11) is -2.92. The first-order chi connectivity index (χ1) is 34.7. The molecular weight excluding hydrogens is 873 g/mol. The number of para-hydroxylation sites is 3. The second-order valence-electron chi connectivity index (χ2n) is 21.1. The molecule has 2 heterocycles. The van der Waals surface area contributed by atoms with E-state index >= 15 is 0 Å². The van der Waals surface area contributed by atoms with E-state index in [0.29, 0.717) is 0 Å². The van der Waals surface area contributed by atoms with Crippen molar-refractivity contribution < 1.29 is 0 Å². The van der Waals surface area contributed by atoms with Crippen LogP contribution in [-0.2, 0) is 10.8 Å². The lowest BCUT2D eigenvalue weighted by atomic mass is 9.63. The number of rotatable bonds is 8. The van der Waals surface area contributed by atoms with Crippen molar-refractivity contribution in [1.82, 2.24) is 9.13 Å². The van der Waals surface area contributed by atoms with Gasteiger partial charge in [-0.25, -0.2) is 0 Å². The van der Waals surface area contributed by atoms with Crippen molar-refractivity contribution in [2.24, 2.45) is 0 Å². The SMILES string of the molecule is CC1(C)CCC(C)(C)c2cc([Si](c3ccccc3)(c3ccccc3)c3cccc(-c4cccc5c6ccccc6n(-c6ccc7c(c6)c6ccccc6n7-c6cccc(-c7ccccc7)c6)c45)c3)ccc21. The van der Waals surface area contributed by atoms with Gasteiger partial charge >= 0.3 is 0 Å². The molecule has 0 N–H and O–H groups in total. The molecule has 0 saturated carbocycles. The van der Waals surface area contributed by atoms with Gasteiger partial charge in [-0.3, -0.25) is 0 Å². The Morgan fingerprint density at radius 1 is 0.324 bits per heavy atom. The van der Waals surface area contributed by atoms with Crippen LogP contribution in [0.2, 0.25) is 0 Å². The molecule has 0 bridgehead atoms. The average molecular weight is 929 g/mol. The highest BCUT2D eigenvalue weighted by Crippen LogP contribution is 2.46. The van der Waals surface area contributed by atoms with E-state index in [1.165, 1.54) is 111 Å². The standard InChI is InChI=1S/C68H56N2Si/c1-67(2)41-42-68(3,4)62-46-55(38-39-61(62)67)71(52-26-10-6-11-27-52,53-28-12-7-13-29-53)54-30-19-24-49(44-54)56-33-20-34-59-57-31-14-17-36-64(57)70(66(56)59)51-37-40-65-60(45-51)58-32-15-16-35-63(58)69(65)50-25-18-23-48(43-50)47-21-8-5-9-22-47/h5-40,43-46H,41-42H2,1-4H3. The van der Waals surface area contributed by atoms with Crippen LogP contribution >= 0.6 is 0 Å². The lowest BCUT2D eigenvalue weighted by Crippen LogP contribution is -2.75. The molecule has 0 aliphatic heterocycles. The van der Waals surface area contributed by atoms with Gasteiger partial charge in [0.05, 0.1) is 22.1 Å². The quantitative estimate of drug-likeness (QED) is 0.106. The molecule has 3 heteroatoms. The third-order valence-corrected chi connectivity index (χ3v) is 20.9. The molecule has 0 spiro atoms. The van der Waals surface area contributed by atoms with Crippen molar-refractivity contribution in [1.29, 1.82) is 0 Å². The Kier molecular flexibility index (Phi) is 10.1. The number of hydrogen-bond donors (Lipinski definition) is 0. The van der Waals surface area contributed by atoms with Gasteiger partial charge in [-0.15, -0.1) is 0 Å². The fourth-order valence-corrected chi connectivity index (χ4v) is 17.3. The highest BCUT2D eigenvalue weighted by Gasteiger charge is 2.44. The van der Waals surface area contributed by atoms with Crippen LogP contribution in [-0.4, -0.2) is 17.2 Å². The lowest BCUT2D eigenvalue weighted by Gasteiger charge is -2.43. The van der Waals surface area contributed by atoms with Crippen molar-refractivity contribution in [3.8, 4) is 33.6 Å². The van der Waals surface area contributed by atoms with Crippen molar-refractivity contribution in [3.63, 3.8) is 0 Å². The topological polar surface area (TPSA) is 9.86 Å². The summed E-state index contributed by atoms with van der Waals surface area (Å²) in [5, 5.41) is 10.6. The van der Waals surface area contributed by atoms with Crippen LogP contribution < -0.4 is 20.7 Å². The molecule has 0 saturated heterocycles. The van der Waals surface area contributed by atoms with Gasteiger partial charge in [-0.05, 0) is 115 Å². The van der Waals surface area contributed by atoms with Crippen molar-refractivity contribution in [2.45, 2.75) is 51.4 Å². The molecule has 13 rings (SSSR count). The number of benzene rings is 10. The highest BCUT2D eigenvalue weighted by molar-refractivity contribution is 7.20. The van der Waals surface area contributed by atoms with Crippen LogP contribution in [0.1, 0.15) is 51.7 Å². The third-order valence-electron chi connectivity index (χ3n) is 16.1. The molecule has 342 valence electrons. The van der Waals surface area contributed by atoms with Crippen LogP contribution in [0.15, 0.2) is 243 Å². The Balaban J connectivity index is 1.04. The molecule has 0 unspecified atom stereocenters. The molecule has 71 heavy (non-hydrogen) atoms. The van der Waals surface area contributed by atoms with E-state index in [2.05, 4.69) is 279 Å². The molecule has 0 amide bonds. The Morgan fingerprint density at radius 3 is 1.55 bits per heavy atom. The summed E-state index contributed by atoms with van der Waals surface area (Å²) in [5.41, 5.74) is 15.1. The minimum Gasteiger partial charge on any atom is -0.309 e. The highest BCUT2D eigenvalue weighted by atomic mass is 28.3. The van der Waals surface area contributed by atoms with E-state index < -0.39 is 8.07 Å². The smallest absolute Gasteiger partial charge is 0.179 e. The van der Waals surface area contributed by atoms with Crippen LogP contribution in [0.4, 0.5) is 0 Å². The molecule has 2 aromatic heterocycles. The minimum absolute atomic E-state index is 0.0741. The summed E-state index contributed by atoms with van der Waals surface area (Å²) >= 11 is 0. The van der Waals surface area contributed by atoms with Gasteiger partial charge in [-0.2, -0.15) is 0 Å². The summed E-state index contributed by atoms with van der Waals surface area (Å²) < 4.78 is 4.96. The maximum absolute atomic E-state index is 2.92. The average Bonchev–Trinajstić information content (AvgIpc) is 3.94. The molecule has 0 fully saturated rings. The number of aromatic nitrogens is 2. The lowest BCUT2D eigenvalue weighted by molar-refractivity contribution is 0.332. The van der Waals surface area contributed by atoms with Crippen molar-refractivity contribution >= 4 is 72.4 Å². The monoisotopic (exact) mass is 928 g/mol. The van der Waals surface area contributed by atoms with E-state index in [0.717, 1.165) is 11.4 Å². The predicted octanol–water partition coefficient (Wildman–Crippen LogP) is 14.9. The van der Waals surface area contributed by atoms with Gasteiger partial charge in [0.1, 0.15) is 0 Å². The van der Waals surface area contributed by atoms with E-state index in [4.69, 9.17) is 0 Å². The molecular formula is C68H56N2Si. The molecule has 2 nitrogen and oxygen atoms in total. The summed E-state index contributed by atoms with van der Waals surface area (Å²) in [6.07, 6.45) is 2.37. The van der Waals surface area contributed by atoms with Crippen LogP contribution in [0.25, 0.3) is 77.2 Å². The Bertz CT molecular complexity index is 3950. The maximum atomic E-state index is 2.64. The zero-order chi connectivity index (χ0) is 47.9. The van der Waals surface area contributed by atoms with Gasteiger partial charge in [0.25, 0.3) is 0 Å². The van der Waals surface area contributed by atoms with E-state index in [1.54, 1.807) is 0 Å². The van der Waals surface area contributed by atoms with Crippen LogP contribution in [0.5, 0.6) is 0 Å². The molecule has 12 aromatic rings. The predicted molar refractivity (Wildman–Crippen MR) is 305 cm³/mol. The molecule has 0 atom stereocenters. The zero-order valence-corrected chi connectivity index (χ0v) is 41.9. The Hall–Kier alpha value is -7.98. The van der Waals surface area contributed by atoms with Gasteiger partial charge in [0.2, 0.25) is 0 Å². The van der Waals surface area contributed by atoms with Crippen molar-refractivity contribution in [2.75, 3.05) is 0 Å². The minimum atomic E-state index is -2.92. The van der Waals surface area contributed by atoms with Gasteiger partial charge in [0.15, 0.2) is 8.07 Å². The Morgan fingerprint density at radius 2 is 0.831 bits per heavy atom. The number of hydrogen-bond acceptors (Lipinski definition) is 0. The second kappa shape index (κ2) is 16.6. The first-order valence-electron chi connectivity index (χ1n) is 25.3. The fourth-order valence-electron chi connectivity index (χ4n) is 12.5. The zero-order valence-electron chi connectivity index (χ0n) is 40.9. The fraction of sp³-hybridized carbons (Fsp3) is 0.118. The summed E-state index contributed by atoms with van der Waals surface area (Å²) in [4.78, 5) is 0. The maximum Gasteiger partial charge on any atom is 0.179 e. The van der Waals surface area contributed by atoms with Crippen LogP contribution in [0.3, 0.4) is 0 Å². The van der Waals surface area contributed by atoms with E-state index in [-0.39, 0.29) is 10.8 Å². The molecule has 0 radical (unpaired) electrons. The molecule has 1 aliphatic carbocycles. The van der Waals surface area contributed by atoms with Crippen LogP contribution in [0, 0.1) is 0 Å². The number of nitrogens with zero attached hydrogens (tertiary/aromatic N) is 2. The van der Waals surface area contributed by atoms with Crippen molar-refractivity contribution in [3.05, 3.63) is 254 Å². The molecule has 10 aromatic carbocycles. The summed E-state index contributed by atoms with van der Waals surface area (Å²) in [6.45, 7) is 9.79. The first kappa shape index (κ1) is 43.1. The van der Waals surface area contributed by atoms with Gasteiger partial charge in [0, 0.05) is 38.5 Å². The summed E-state index contributed by atoms with van der Waals surface area (Å²) in [6, 6.07) is 91.6. The largest absolute Gasteiger partial charge is 0.309 e. The molecule has 1 aliphatic rings. The van der Waals surface area contributed by atoms with E-state index in [9.17, 15) is 0 Å². The first-order valence-corrected chi connectivity index (χ1v) is 27.3. The Labute approximate surface area is 418 Å². The number of fused-ring (bicyclic) bond motifs is 7.